The quantitative estimate of drug-likeness (QED) is 0.614. The number of hydrogen-bond acceptors (Lipinski definition) is 7. The Balaban J connectivity index is 1.92. The number of benzene rings is 1. The highest BCUT2D eigenvalue weighted by Crippen LogP contribution is 2.25. The topological polar surface area (TPSA) is 70.9 Å². The van der Waals surface area contributed by atoms with Gasteiger partial charge in [0.15, 0.2) is 18.6 Å². The minimum absolute atomic E-state index is 0.00304. The predicted octanol–water partition coefficient (Wildman–Crippen LogP) is 2.30. The molecule has 0 saturated carbocycles. The molecule has 1 aromatic rings. The summed E-state index contributed by atoms with van der Waals surface area (Å²) < 4.78 is 47.1. The second-order valence-electron chi connectivity index (χ2n) is 4.83. The van der Waals surface area contributed by atoms with E-state index >= 15 is 0 Å². The normalized spacial score (nSPS) is 28.7. The third-order valence-corrected chi connectivity index (χ3v) is 3.29. The summed E-state index contributed by atoms with van der Waals surface area (Å²) in [4.78, 5) is 9.50. The molecule has 23 heavy (non-hydrogen) atoms. The lowest BCUT2D eigenvalue weighted by Crippen LogP contribution is -2.28. The minimum Gasteiger partial charge on any atom is -0.470 e. The molecule has 0 aromatic heterocycles. The fourth-order valence-electron chi connectivity index (χ4n) is 2.27. The highest BCUT2D eigenvalue weighted by atomic mass is 16.7. The Morgan fingerprint density at radius 1 is 1.35 bits per heavy atom. The number of rotatable bonds is 5. The van der Waals surface area contributed by atoms with Gasteiger partial charge in [0.2, 0.25) is 0 Å². The summed E-state index contributed by atoms with van der Waals surface area (Å²) in [5.74, 6) is 0.0539. The van der Waals surface area contributed by atoms with Crippen LogP contribution in [-0.2, 0) is 19.1 Å². The first kappa shape index (κ1) is 11.3. The van der Waals surface area contributed by atoms with Crippen molar-refractivity contribution in [3.8, 4) is 5.75 Å². The van der Waals surface area contributed by atoms with Crippen molar-refractivity contribution in [3.63, 3.8) is 0 Å². The van der Waals surface area contributed by atoms with Crippen LogP contribution in [0.25, 0.3) is 0 Å². The van der Waals surface area contributed by atoms with Gasteiger partial charge in [-0.1, -0.05) is 17.3 Å². The third-order valence-electron chi connectivity index (χ3n) is 3.29. The minimum atomic E-state index is -2.78. The molecule has 124 valence electrons. The van der Waals surface area contributed by atoms with Gasteiger partial charge in [0.25, 0.3) is 5.90 Å². The van der Waals surface area contributed by atoms with Crippen molar-refractivity contribution < 1.29 is 29.4 Å². The summed E-state index contributed by atoms with van der Waals surface area (Å²) in [6, 6.07) is 6.87. The van der Waals surface area contributed by atoms with E-state index in [9.17, 15) is 0 Å². The molecular weight excluding hydrogens is 300 g/mol. The van der Waals surface area contributed by atoms with Gasteiger partial charge < -0.3 is 23.9 Å². The lowest BCUT2D eigenvalue weighted by Gasteiger charge is -2.25. The average molecular weight is 324 g/mol. The van der Waals surface area contributed by atoms with Crippen LogP contribution < -0.4 is 4.74 Å². The van der Waals surface area contributed by atoms with Crippen LogP contribution in [0.3, 0.4) is 0 Å². The van der Waals surface area contributed by atoms with Crippen LogP contribution >= 0.6 is 0 Å². The second-order valence-corrected chi connectivity index (χ2v) is 4.83. The maximum absolute atomic E-state index is 7.72. The van der Waals surface area contributed by atoms with Crippen molar-refractivity contribution in [3.05, 3.63) is 29.8 Å². The lowest BCUT2D eigenvalue weighted by atomic mass is 10.1. The summed E-state index contributed by atoms with van der Waals surface area (Å²) in [7, 11) is 1.31. The average Bonchev–Trinajstić information content (AvgIpc) is 2.64. The molecule has 0 bridgehead atoms. The molecule has 1 aromatic carbocycles. The van der Waals surface area contributed by atoms with Gasteiger partial charge in [-0.3, -0.25) is 0 Å². The summed E-state index contributed by atoms with van der Waals surface area (Å²) >= 11 is 0. The molecule has 2 heterocycles. The first-order valence-corrected chi connectivity index (χ1v) is 7.28. The number of para-hydroxylation sites is 1. The highest BCUT2D eigenvalue weighted by Gasteiger charge is 2.24. The molecule has 2 aliphatic heterocycles. The zero-order valence-corrected chi connectivity index (χ0v) is 12.7. The summed E-state index contributed by atoms with van der Waals surface area (Å²) in [6.07, 6.45) is 2.31. The smallest absolute Gasteiger partial charge is 0.280 e. The predicted molar refractivity (Wildman–Crippen MR) is 83.5 cm³/mol. The summed E-state index contributed by atoms with van der Waals surface area (Å²) in [6.45, 7) is -4.91. The Hall–Kier alpha value is -2.28. The Morgan fingerprint density at radius 3 is 3.04 bits per heavy atom. The number of oxime groups is 2. The first-order valence-electron chi connectivity index (χ1n) is 9.28. The fourth-order valence-corrected chi connectivity index (χ4v) is 2.27. The van der Waals surface area contributed by atoms with Crippen molar-refractivity contribution in [2.24, 2.45) is 10.3 Å². The number of hydrogen-bond donors (Lipinski definition) is 0. The Labute approximate surface area is 140 Å². The first-order chi connectivity index (χ1) is 12.8. The molecule has 1 fully saturated rings. The molecule has 7 heteroatoms. The molecule has 0 radical (unpaired) electrons. The molecular formula is C16H20N2O5. The van der Waals surface area contributed by atoms with E-state index in [1.54, 1.807) is 24.3 Å². The highest BCUT2D eigenvalue weighted by molar-refractivity contribution is 6.45. The molecule has 3 rings (SSSR count). The second kappa shape index (κ2) is 7.82. The van der Waals surface area contributed by atoms with Crippen LogP contribution in [0.1, 0.15) is 30.3 Å². The van der Waals surface area contributed by atoms with Gasteiger partial charge in [-0.2, -0.15) is 0 Å². The standard InChI is InChI=1S/C16H20N2O5/c1-19-17-15(16-18-22-11-10-21-16)12-6-2-3-7-13(12)23-14-8-4-5-9-20-14/h2-3,6-7,14H,4-5,8-11H2,1H3/b17-15+/i10D2,11D2. The molecule has 1 unspecified atom stereocenters. The largest absolute Gasteiger partial charge is 0.470 e. The van der Waals surface area contributed by atoms with Crippen LogP contribution in [0.5, 0.6) is 5.75 Å². The molecule has 7 nitrogen and oxygen atoms in total. The monoisotopic (exact) mass is 324 g/mol. The van der Waals surface area contributed by atoms with Crippen LogP contribution in [0, 0.1) is 0 Å². The maximum atomic E-state index is 7.72. The molecule has 0 amide bonds. The Kier molecular flexibility index (Phi) is 3.84. The number of nitrogens with zero attached hydrogens (tertiary/aromatic N) is 2. The Morgan fingerprint density at radius 2 is 2.26 bits per heavy atom. The lowest BCUT2D eigenvalue weighted by molar-refractivity contribution is -0.106. The van der Waals surface area contributed by atoms with E-state index in [-0.39, 0.29) is 11.6 Å². The zero-order chi connectivity index (χ0) is 19.5. The van der Waals surface area contributed by atoms with Crippen molar-refractivity contribution in [1.29, 1.82) is 0 Å². The van der Waals surface area contributed by atoms with Gasteiger partial charge >= 0.3 is 0 Å². The molecule has 0 N–H and O–H groups in total. The van der Waals surface area contributed by atoms with Crippen molar-refractivity contribution >= 4 is 11.6 Å². The Bertz CT molecular complexity index is 735. The van der Waals surface area contributed by atoms with Gasteiger partial charge in [-0.15, -0.1) is 0 Å². The van der Waals surface area contributed by atoms with Gasteiger partial charge in [0.05, 0.1) is 17.7 Å². The van der Waals surface area contributed by atoms with Crippen LogP contribution in [0.2, 0.25) is 0 Å². The van der Waals surface area contributed by atoms with Crippen molar-refractivity contribution in [2.75, 3.05) is 26.8 Å². The maximum Gasteiger partial charge on any atom is 0.280 e. The third kappa shape index (κ3) is 3.92. The summed E-state index contributed by atoms with van der Waals surface area (Å²) in [5, 5.41) is 7.40. The van der Waals surface area contributed by atoms with Gasteiger partial charge in [-0.25, -0.2) is 0 Å². The van der Waals surface area contributed by atoms with E-state index < -0.39 is 19.4 Å². The van der Waals surface area contributed by atoms with Gasteiger partial charge in [-0.05, 0) is 30.1 Å². The fraction of sp³-hybridized carbons (Fsp3) is 0.500. The van der Waals surface area contributed by atoms with E-state index in [4.69, 9.17) is 24.5 Å². The van der Waals surface area contributed by atoms with Gasteiger partial charge in [0.1, 0.15) is 19.4 Å². The van der Waals surface area contributed by atoms with E-state index in [0.717, 1.165) is 19.3 Å². The van der Waals surface area contributed by atoms with Crippen LogP contribution in [-0.4, -0.2) is 44.7 Å². The van der Waals surface area contributed by atoms with E-state index in [0.29, 0.717) is 17.9 Å². The molecule has 1 saturated heterocycles. The van der Waals surface area contributed by atoms with Crippen molar-refractivity contribution in [1.82, 2.24) is 0 Å². The van der Waals surface area contributed by atoms with E-state index in [1.807, 2.05) is 0 Å². The van der Waals surface area contributed by atoms with E-state index in [2.05, 4.69) is 15.1 Å². The zero-order valence-electron chi connectivity index (χ0n) is 16.7. The van der Waals surface area contributed by atoms with Gasteiger partial charge in [0, 0.05) is 6.42 Å². The molecule has 1 atom stereocenters. The number of ether oxygens (including phenoxy) is 3. The van der Waals surface area contributed by atoms with E-state index in [1.165, 1.54) is 7.11 Å². The van der Waals surface area contributed by atoms with Crippen LogP contribution in [0.4, 0.5) is 0 Å². The summed E-state index contributed by atoms with van der Waals surface area (Å²) in [5.41, 5.74) is 0.414. The van der Waals surface area contributed by atoms with Crippen molar-refractivity contribution in [2.45, 2.75) is 25.6 Å². The SMILES string of the molecule is [2H]C1([2H])ON=C(/C(=N/OC)c2ccccc2OC2CCCCO2)OC1([2H])[2H]. The molecule has 0 aliphatic carbocycles. The molecule has 2 aliphatic rings. The van der Waals surface area contributed by atoms with Crippen LogP contribution in [0.15, 0.2) is 34.6 Å². The molecule has 0 spiro atoms.